The molecule has 2 rings (SSSR count). The molecule has 2 aliphatic heterocycles. The van der Waals surface area contributed by atoms with Crippen molar-refractivity contribution in [3.05, 3.63) is 0 Å². The van der Waals surface area contributed by atoms with E-state index in [1.54, 1.807) is 6.92 Å². The van der Waals surface area contributed by atoms with Crippen LogP contribution in [0.2, 0.25) is 0 Å². The molecule has 0 bridgehead atoms. The Kier molecular flexibility index (Phi) is 13.6. The van der Waals surface area contributed by atoms with E-state index >= 15 is 0 Å². The molecular weight excluding hydrogens is 530 g/mol. The number of aliphatic carboxylic acids is 1. The topological polar surface area (TPSA) is 229 Å². The number of rotatable bonds is 15. The summed E-state index contributed by atoms with van der Waals surface area (Å²) in [5.41, 5.74) is 0. The monoisotopic (exact) mass is 569 g/mol. The molecule has 2 saturated heterocycles. The Morgan fingerprint density at radius 2 is 1.74 bits per heavy atom. The number of aliphatic hydroxyl groups excluding tert-OH is 4. The molecule has 0 aromatic heterocycles. The van der Waals surface area contributed by atoms with Crippen molar-refractivity contribution < 1.29 is 58.8 Å². The van der Waals surface area contributed by atoms with Crippen LogP contribution < -0.4 is 10.6 Å². The first-order valence-corrected chi connectivity index (χ1v) is 12.8. The molecule has 16 heteroatoms. The van der Waals surface area contributed by atoms with Crippen molar-refractivity contribution in [2.45, 2.75) is 74.4 Å². The first-order chi connectivity index (χ1) is 18.1. The van der Waals surface area contributed by atoms with Crippen LogP contribution in [0.3, 0.4) is 0 Å². The molecular formula is C22H39N3O12S. The van der Waals surface area contributed by atoms with Gasteiger partial charge in [-0.1, -0.05) is 0 Å². The minimum atomic E-state index is -1.43. The second-order valence-electron chi connectivity index (χ2n) is 9.17. The molecule has 2 fully saturated rings. The summed E-state index contributed by atoms with van der Waals surface area (Å²) in [6, 6.07) is -2.14. The number of ether oxygens (including phenoxy) is 5. The van der Waals surface area contributed by atoms with E-state index in [2.05, 4.69) is 23.3 Å². The highest BCUT2D eigenvalue weighted by Crippen LogP contribution is 2.30. The molecule has 38 heavy (non-hydrogen) atoms. The molecule has 11 atom stereocenters. The highest BCUT2D eigenvalue weighted by Gasteiger charge is 2.51. The predicted molar refractivity (Wildman–Crippen MR) is 133 cm³/mol. The fraction of sp³-hybridized carbons (Fsp3) is 0.864. The average molecular weight is 570 g/mol. The van der Waals surface area contributed by atoms with Gasteiger partial charge in [-0.25, -0.2) is 0 Å². The van der Waals surface area contributed by atoms with Crippen molar-refractivity contribution >= 4 is 30.9 Å². The number of carboxylic acid groups (broad SMARTS) is 1. The predicted octanol–water partition coefficient (Wildman–Crippen LogP) is -3.31. The lowest BCUT2D eigenvalue weighted by Crippen LogP contribution is -2.69. The summed E-state index contributed by atoms with van der Waals surface area (Å²) in [4.78, 5) is 23.9. The van der Waals surface area contributed by atoms with Gasteiger partial charge in [0.05, 0.1) is 38.5 Å². The Hall–Kier alpha value is -1.60. The number of carbonyl (C=O) groups is 2. The van der Waals surface area contributed by atoms with Gasteiger partial charge in [0, 0.05) is 19.4 Å². The van der Waals surface area contributed by atoms with Crippen molar-refractivity contribution in [3.8, 4) is 0 Å². The van der Waals surface area contributed by atoms with Crippen LogP contribution in [0.15, 0.2) is 0 Å². The van der Waals surface area contributed by atoms with Crippen LogP contribution in [0.1, 0.15) is 13.3 Å². The van der Waals surface area contributed by atoms with Crippen molar-refractivity contribution in [1.82, 2.24) is 10.6 Å². The van der Waals surface area contributed by atoms with E-state index in [0.717, 1.165) is 6.40 Å². The summed E-state index contributed by atoms with van der Waals surface area (Å²) < 4.78 is 27.8. The first kappa shape index (κ1) is 32.6. The van der Waals surface area contributed by atoms with E-state index in [0.29, 0.717) is 0 Å². The maximum atomic E-state index is 12.9. The molecule has 2 heterocycles. The zero-order valence-corrected chi connectivity index (χ0v) is 22.1. The Morgan fingerprint density at radius 1 is 1.11 bits per heavy atom. The summed E-state index contributed by atoms with van der Waals surface area (Å²) in [7, 11) is 1.30. The van der Waals surface area contributed by atoms with Gasteiger partial charge in [0.15, 0.2) is 12.7 Å². The van der Waals surface area contributed by atoms with Gasteiger partial charge < -0.3 is 54.5 Å². The first-order valence-electron chi connectivity index (χ1n) is 12.1. The third-order valence-corrected chi connectivity index (χ3v) is 7.04. The zero-order chi connectivity index (χ0) is 28.4. The van der Waals surface area contributed by atoms with E-state index in [1.165, 1.54) is 7.11 Å². The summed E-state index contributed by atoms with van der Waals surface area (Å²) in [6.45, 7) is 0.0660. The van der Waals surface area contributed by atoms with Crippen molar-refractivity contribution in [2.75, 3.05) is 39.2 Å². The summed E-state index contributed by atoms with van der Waals surface area (Å²) in [5, 5.41) is 63.1. The second-order valence-corrected chi connectivity index (χ2v) is 9.53. The number of nitrogens with one attached hydrogen (secondary N) is 3. The average Bonchev–Trinajstić information content (AvgIpc) is 2.89. The van der Waals surface area contributed by atoms with Gasteiger partial charge in [0.25, 0.3) is 0 Å². The maximum absolute atomic E-state index is 12.9. The molecule has 0 aliphatic carbocycles. The van der Waals surface area contributed by atoms with Gasteiger partial charge in [0.1, 0.15) is 42.7 Å². The molecule has 11 unspecified atom stereocenters. The van der Waals surface area contributed by atoms with Crippen LogP contribution in [0.5, 0.6) is 0 Å². The number of carbonyl (C=O) groups excluding carboxylic acids is 1. The molecule has 0 saturated carbocycles. The zero-order valence-electron chi connectivity index (χ0n) is 21.2. The van der Waals surface area contributed by atoms with Gasteiger partial charge in [-0.2, -0.15) is 12.6 Å². The van der Waals surface area contributed by atoms with Crippen molar-refractivity contribution in [1.29, 1.82) is 5.41 Å². The molecule has 0 radical (unpaired) electrons. The van der Waals surface area contributed by atoms with Crippen molar-refractivity contribution in [3.63, 3.8) is 0 Å². The van der Waals surface area contributed by atoms with Gasteiger partial charge in [-0.05, 0) is 12.7 Å². The van der Waals surface area contributed by atoms with E-state index in [9.17, 15) is 30.0 Å². The minimum absolute atomic E-state index is 0.0680. The lowest BCUT2D eigenvalue weighted by Gasteiger charge is -2.48. The van der Waals surface area contributed by atoms with E-state index < -0.39 is 92.7 Å². The largest absolute Gasteiger partial charge is 0.483 e. The Balaban J connectivity index is 2.27. The molecule has 220 valence electrons. The Bertz CT molecular complexity index is 767. The molecule has 15 nitrogen and oxygen atoms in total. The van der Waals surface area contributed by atoms with Gasteiger partial charge in [0.2, 0.25) is 5.91 Å². The third-order valence-electron chi connectivity index (χ3n) is 6.53. The quantitative estimate of drug-likeness (QED) is 0.0535. The lowest BCUT2D eigenvalue weighted by molar-refractivity contribution is -0.316. The van der Waals surface area contributed by atoms with Crippen LogP contribution in [0, 0.1) is 11.3 Å². The molecule has 0 spiro atoms. The molecule has 0 aromatic carbocycles. The highest BCUT2D eigenvalue weighted by molar-refractivity contribution is 7.80. The molecule has 0 aromatic rings. The highest BCUT2D eigenvalue weighted by atomic mass is 32.1. The van der Waals surface area contributed by atoms with Crippen LogP contribution >= 0.6 is 12.6 Å². The summed E-state index contributed by atoms with van der Waals surface area (Å²) in [5.74, 6) is -1.75. The fourth-order valence-electron chi connectivity index (χ4n) is 4.60. The van der Waals surface area contributed by atoms with Crippen LogP contribution in [0.4, 0.5) is 0 Å². The molecule has 8 N–H and O–H groups in total. The number of hydrogen-bond acceptors (Lipinski definition) is 14. The Morgan fingerprint density at radius 3 is 2.29 bits per heavy atom. The van der Waals surface area contributed by atoms with Crippen LogP contribution in [-0.2, 0) is 33.3 Å². The Labute approximate surface area is 225 Å². The van der Waals surface area contributed by atoms with E-state index in [1.807, 2.05) is 0 Å². The normalized spacial score (nSPS) is 36.3. The lowest BCUT2D eigenvalue weighted by atomic mass is 9.92. The number of aliphatic hydroxyl groups is 4. The fourth-order valence-corrected chi connectivity index (χ4v) is 4.83. The minimum Gasteiger partial charge on any atom is -0.483 e. The van der Waals surface area contributed by atoms with Crippen LogP contribution in [-0.4, -0.2) is 144 Å². The smallest absolute Gasteiger partial charge is 0.317 e. The summed E-state index contributed by atoms with van der Waals surface area (Å²) in [6.07, 6.45) is -8.68. The summed E-state index contributed by atoms with van der Waals surface area (Å²) >= 11 is 4.19. The number of carboxylic acids is 1. The standard InChI is InChI=1S/C22H39N3O12S/c1-10-16(24-4-15(29)30)18(31)21(13(6-27)35-10)37-22-17(19(32)20(33-2)12(5-26)36-22)25-14(28)3-11(8-38)7-34-9-23/h9-13,16-24,26-27,31-32,38H,3-8H2,1-2H3,(H,25,28)(H,29,30). The second kappa shape index (κ2) is 15.9. The van der Waals surface area contributed by atoms with Gasteiger partial charge in [-0.15, -0.1) is 0 Å². The SMILES string of the molecule is COC1C(CO)OC(OC2C(CO)OC(C)C(NCC(=O)O)C2O)C(NC(=O)CC(CS)COC=N)C1O. The van der Waals surface area contributed by atoms with Crippen molar-refractivity contribution in [2.24, 2.45) is 5.92 Å². The van der Waals surface area contributed by atoms with E-state index in [4.69, 9.17) is 34.2 Å². The van der Waals surface area contributed by atoms with Gasteiger partial charge >= 0.3 is 5.97 Å². The van der Waals surface area contributed by atoms with Gasteiger partial charge in [-0.3, -0.25) is 20.3 Å². The van der Waals surface area contributed by atoms with Crippen LogP contribution in [0.25, 0.3) is 0 Å². The number of hydrogen-bond donors (Lipinski definition) is 9. The number of methoxy groups -OCH3 is 1. The maximum Gasteiger partial charge on any atom is 0.317 e. The molecule has 2 aliphatic rings. The number of amides is 1. The molecule has 1 amide bonds. The number of thiol groups is 1. The third kappa shape index (κ3) is 8.45. The van der Waals surface area contributed by atoms with E-state index in [-0.39, 0.29) is 24.7 Å².